The third kappa shape index (κ3) is 2.96. The molecule has 1 unspecified atom stereocenters. The first kappa shape index (κ1) is 14.9. The lowest BCUT2D eigenvalue weighted by Crippen LogP contribution is -2.42. The molecule has 1 aliphatic rings. The molecule has 1 saturated heterocycles. The van der Waals surface area contributed by atoms with Crippen LogP contribution < -0.4 is 0 Å². The second kappa shape index (κ2) is 6.27. The van der Waals surface area contributed by atoms with E-state index in [0.29, 0.717) is 23.7 Å². The zero-order valence-electron chi connectivity index (χ0n) is 11.7. The van der Waals surface area contributed by atoms with Crippen LogP contribution >= 0.6 is 11.6 Å². The number of amides is 1. The minimum absolute atomic E-state index is 0.0707. The zero-order valence-corrected chi connectivity index (χ0v) is 12.4. The summed E-state index contributed by atoms with van der Waals surface area (Å²) in [6, 6.07) is 5.30. The van der Waals surface area contributed by atoms with E-state index in [2.05, 4.69) is 0 Å². The van der Waals surface area contributed by atoms with Gasteiger partial charge in [-0.2, -0.15) is 0 Å². The van der Waals surface area contributed by atoms with E-state index in [0.717, 1.165) is 18.4 Å². The van der Waals surface area contributed by atoms with Gasteiger partial charge in [-0.25, -0.2) is 0 Å². The number of nitrogens with zero attached hydrogens (tertiary/aromatic N) is 1. The predicted octanol–water partition coefficient (Wildman–Crippen LogP) is 2.67. The van der Waals surface area contributed by atoms with Crippen LogP contribution in [0.4, 0.5) is 0 Å². The highest BCUT2D eigenvalue weighted by molar-refractivity contribution is 6.31. The fraction of sp³-hybridized carbons (Fsp3) is 0.467. The molecule has 0 radical (unpaired) electrons. The standard InChI is InChI=1S/C15H18ClNO3/c1-10-12(6-3-7-13(10)16)14(18)17-8-4-5-11(9-17)15(19)20-2/h3,6-7,11H,4-5,8-9H2,1-2H3. The Bertz CT molecular complexity index is 530. The molecule has 1 aromatic rings. The molecule has 0 aliphatic carbocycles. The Hall–Kier alpha value is -1.55. The van der Waals surface area contributed by atoms with Crippen molar-refractivity contribution in [3.05, 3.63) is 34.3 Å². The Morgan fingerprint density at radius 2 is 2.15 bits per heavy atom. The van der Waals surface area contributed by atoms with Crippen LogP contribution in [0.2, 0.25) is 5.02 Å². The van der Waals surface area contributed by atoms with Crippen molar-refractivity contribution in [1.82, 2.24) is 4.90 Å². The summed E-state index contributed by atoms with van der Waals surface area (Å²) in [5.74, 6) is -0.541. The van der Waals surface area contributed by atoms with E-state index in [1.54, 1.807) is 23.1 Å². The molecular weight excluding hydrogens is 278 g/mol. The fourth-order valence-electron chi connectivity index (χ4n) is 2.53. The van der Waals surface area contributed by atoms with Gasteiger partial charge in [0.05, 0.1) is 13.0 Å². The van der Waals surface area contributed by atoms with Crippen LogP contribution in [0.5, 0.6) is 0 Å². The Labute approximate surface area is 123 Å². The molecule has 1 heterocycles. The first-order valence-electron chi connectivity index (χ1n) is 6.66. The van der Waals surface area contributed by atoms with Crippen molar-refractivity contribution in [3.63, 3.8) is 0 Å². The molecule has 4 nitrogen and oxygen atoms in total. The number of carbonyl (C=O) groups is 2. The Morgan fingerprint density at radius 3 is 2.85 bits per heavy atom. The van der Waals surface area contributed by atoms with Gasteiger partial charge in [-0.1, -0.05) is 17.7 Å². The average molecular weight is 296 g/mol. The van der Waals surface area contributed by atoms with Crippen molar-refractivity contribution in [2.45, 2.75) is 19.8 Å². The van der Waals surface area contributed by atoms with Gasteiger partial charge in [-0.3, -0.25) is 9.59 Å². The van der Waals surface area contributed by atoms with Gasteiger partial charge in [0, 0.05) is 23.7 Å². The number of halogens is 1. The van der Waals surface area contributed by atoms with E-state index in [1.165, 1.54) is 7.11 Å². The summed E-state index contributed by atoms with van der Waals surface area (Å²) >= 11 is 6.05. The molecule has 108 valence electrons. The highest BCUT2D eigenvalue weighted by Gasteiger charge is 2.30. The maximum atomic E-state index is 12.5. The van der Waals surface area contributed by atoms with Crippen LogP contribution in [-0.2, 0) is 9.53 Å². The lowest BCUT2D eigenvalue weighted by molar-refractivity contribution is -0.146. The number of esters is 1. The predicted molar refractivity (Wildman–Crippen MR) is 76.8 cm³/mol. The SMILES string of the molecule is COC(=O)C1CCCN(C(=O)c2cccc(Cl)c2C)C1. The van der Waals surface area contributed by atoms with E-state index < -0.39 is 0 Å². The minimum Gasteiger partial charge on any atom is -0.469 e. The molecule has 1 fully saturated rings. The van der Waals surface area contributed by atoms with Crippen molar-refractivity contribution in [1.29, 1.82) is 0 Å². The second-order valence-corrected chi connectivity index (χ2v) is 5.43. The number of methoxy groups -OCH3 is 1. The van der Waals surface area contributed by atoms with Crippen LogP contribution in [0.25, 0.3) is 0 Å². The van der Waals surface area contributed by atoms with Crippen molar-refractivity contribution < 1.29 is 14.3 Å². The molecule has 0 aromatic heterocycles. The maximum Gasteiger partial charge on any atom is 0.310 e. The summed E-state index contributed by atoms with van der Waals surface area (Å²) in [6.07, 6.45) is 1.58. The maximum absolute atomic E-state index is 12.5. The zero-order chi connectivity index (χ0) is 14.7. The number of hydrogen-bond acceptors (Lipinski definition) is 3. The van der Waals surface area contributed by atoms with Crippen LogP contribution in [-0.4, -0.2) is 37.0 Å². The molecule has 2 rings (SSSR count). The third-order valence-corrected chi connectivity index (χ3v) is 4.15. The molecule has 1 aromatic carbocycles. The number of hydrogen-bond donors (Lipinski definition) is 0. The monoisotopic (exact) mass is 295 g/mol. The number of carbonyl (C=O) groups excluding carboxylic acids is 2. The largest absolute Gasteiger partial charge is 0.469 e. The Balaban J connectivity index is 2.16. The van der Waals surface area contributed by atoms with E-state index >= 15 is 0 Å². The topological polar surface area (TPSA) is 46.6 Å². The van der Waals surface area contributed by atoms with Crippen LogP contribution in [0.3, 0.4) is 0 Å². The van der Waals surface area contributed by atoms with Gasteiger partial charge in [0.1, 0.15) is 0 Å². The van der Waals surface area contributed by atoms with Gasteiger partial charge >= 0.3 is 5.97 Å². The number of piperidine rings is 1. The van der Waals surface area contributed by atoms with E-state index in [1.807, 2.05) is 6.92 Å². The lowest BCUT2D eigenvalue weighted by Gasteiger charge is -2.31. The fourth-order valence-corrected chi connectivity index (χ4v) is 2.70. The molecule has 1 atom stereocenters. The van der Waals surface area contributed by atoms with Gasteiger partial charge in [0.15, 0.2) is 0 Å². The molecule has 1 amide bonds. The van der Waals surface area contributed by atoms with Crippen LogP contribution in [0.1, 0.15) is 28.8 Å². The first-order chi connectivity index (χ1) is 9.54. The summed E-state index contributed by atoms with van der Waals surface area (Å²) in [4.78, 5) is 25.9. The Morgan fingerprint density at radius 1 is 1.40 bits per heavy atom. The van der Waals surface area contributed by atoms with Crippen LogP contribution in [0, 0.1) is 12.8 Å². The number of rotatable bonds is 2. The average Bonchev–Trinajstić information content (AvgIpc) is 2.48. The summed E-state index contributed by atoms with van der Waals surface area (Å²) in [5.41, 5.74) is 1.38. The minimum atomic E-state index is -0.245. The number of likely N-dealkylation sites (tertiary alicyclic amines) is 1. The number of benzene rings is 1. The van der Waals surface area contributed by atoms with Gasteiger partial charge in [-0.05, 0) is 37.5 Å². The Kier molecular flexibility index (Phi) is 4.65. The quantitative estimate of drug-likeness (QED) is 0.788. The van der Waals surface area contributed by atoms with Crippen molar-refractivity contribution in [3.8, 4) is 0 Å². The van der Waals surface area contributed by atoms with Gasteiger partial charge in [-0.15, -0.1) is 0 Å². The summed E-state index contributed by atoms with van der Waals surface area (Å²) in [7, 11) is 1.38. The summed E-state index contributed by atoms with van der Waals surface area (Å²) in [6.45, 7) is 2.91. The molecule has 1 aliphatic heterocycles. The molecule has 0 saturated carbocycles. The third-order valence-electron chi connectivity index (χ3n) is 3.74. The van der Waals surface area contributed by atoms with E-state index in [-0.39, 0.29) is 17.8 Å². The smallest absolute Gasteiger partial charge is 0.310 e. The van der Waals surface area contributed by atoms with Crippen LogP contribution in [0.15, 0.2) is 18.2 Å². The molecule has 0 bridgehead atoms. The molecule has 0 spiro atoms. The highest BCUT2D eigenvalue weighted by atomic mass is 35.5. The summed E-state index contributed by atoms with van der Waals surface area (Å²) < 4.78 is 4.77. The highest BCUT2D eigenvalue weighted by Crippen LogP contribution is 2.23. The normalized spacial score (nSPS) is 18.8. The van der Waals surface area contributed by atoms with Crippen molar-refractivity contribution >= 4 is 23.5 Å². The van der Waals surface area contributed by atoms with Gasteiger partial charge in [0.2, 0.25) is 0 Å². The molecule has 20 heavy (non-hydrogen) atoms. The number of ether oxygens (including phenoxy) is 1. The molecule has 5 heteroatoms. The lowest BCUT2D eigenvalue weighted by atomic mass is 9.97. The first-order valence-corrected chi connectivity index (χ1v) is 7.04. The molecule has 0 N–H and O–H groups in total. The second-order valence-electron chi connectivity index (χ2n) is 5.03. The van der Waals surface area contributed by atoms with E-state index in [9.17, 15) is 9.59 Å². The summed E-state index contributed by atoms with van der Waals surface area (Å²) in [5, 5.41) is 0.581. The molecular formula is C15H18ClNO3. The van der Waals surface area contributed by atoms with Crippen molar-refractivity contribution in [2.24, 2.45) is 5.92 Å². The van der Waals surface area contributed by atoms with Gasteiger partial charge < -0.3 is 9.64 Å². The van der Waals surface area contributed by atoms with E-state index in [4.69, 9.17) is 16.3 Å². The van der Waals surface area contributed by atoms with Crippen molar-refractivity contribution in [2.75, 3.05) is 20.2 Å². The van der Waals surface area contributed by atoms with Gasteiger partial charge in [0.25, 0.3) is 5.91 Å².